The second-order valence-electron chi connectivity index (χ2n) is 3.43. The first kappa shape index (κ1) is 13.3. The monoisotopic (exact) mass is 254 g/mol. The van der Waals surface area contributed by atoms with Crippen molar-refractivity contribution in [3.8, 4) is 0 Å². The predicted molar refractivity (Wildman–Crippen MR) is 71.1 cm³/mol. The van der Waals surface area contributed by atoms with Gasteiger partial charge < -0.3 is 16.4 Å². The Morgan fingerprint density at radius 1 is 1.59 bits per heavy atom. The van der Waals surface area contributed by atoms with Gasteiger partial charge in [-0.1, -0.05) is 6.07 Å². The molecule has 0 saturated carbocycles. The van der Waals surface area contributed by atoms with Crippen LogP contribution in [0, 0.1) is 17.0 Å². The van der Waals surface area contributed by atoms with Gasteiger partial charge in [0.1, 0.15) is 0 Å². The van der Waals surface area contributed by atoms with Gasteiger partial charge in [-0.05, 0) is 24.7 Å². The summed E-state index contributed by atoms with van der Waals surface area (Å²) in [4.78, 5) is 10.2. The van der Waals surface area contributed by atoms with E-state index >= 15 is 0 Å². The Hall–Kier alpha value is -1.73. The summed E-state index contributed by atoms with van der Waals surface area (Å²) in [5, 5.41) is 16.8. The molecular weight excluding hydrogens is 240 g/mol. The molecule has 0 aromatic heterocycles. The van der Waals surface area contributed by atoms with Crippen molar-refractivity contribution in [2.75, 3.05) is 18.4 Å². The predicted octanol–water partition coefficient (Wildman–Crippen LogP) is 1.15. The average molecular weight is 254 g/mol. The molecule has 4 N–H and O–H groups in total. The number of nitrogens with two attached hydrogens (primary N) is 1. The van der Waals surface area contributed by atoms with Crippen LogP contribution in [0.5, 0.6) is 0 Å². The Labute approximate surface area is 104 Å². The largest absolute Gasteiger partial charge is 0.361 e. The van der Waals surface area contributed by atoms with E-state index in [0.29, 0.717) is 23.9 Å². The van der Waals surface area contributed by atoms with E-state index in [4.69, 9.17) is 18.0 Å². The van der Waals surface area contributed by atoms with Gasteiger partial charge in [0.25, 0.3) is 5.69 Å². The molecule has 0 unspecified atom stereocenters. The lowest BCUT2D eigenvalue weighted by molar-refractivity contribution is -0.384. The number of nitro groups is 1. The first-order chi connectivity index (χ1) is 8.04. The Morgan fingerprint density at radius 3 is 2.88 bits per heavy atom. The fraction of sp³-hybridized carbons (Fsp3) is 0.300. The summed E-state index contributed by atoms with van der Waals surface area (Å²) in [6.07, 6.45) is 0. The number of nitrogens with one attached hydrogen (secondary N) is 2. The Balaban J connectivity index is 2.79. The van der Waals surface area contributed by atoms with Crippen LogP contribution >= 0.6 is 12.2 Å². The fourth-order valence-corrected chi connectivity index (χ4v) is 1.42. The normalized spacial score (nSPS) is 9.76. The van der Waals surface area contributed by atoms with Gasteiger partial charge in [-0.15, -0.1) is 0 Å². The van der Waals surface area contributed by atoms with Crippen molar-refractivity contribution in [3.63, 3.8) is 0 Å². The molecular formula is C10H14N4O2S. The van der Waals surface area contributed by atoms with Gasteiger partial charge in [-0.25, -0.2) is 0 Å². The number of anilines is 1. The van der Waals surface area contributed by atoms with Crippen molar-refractivity contribution >= 4 is 28.7 Å². The molecule has 1 aromatic rings. The number of benzene rings is 1. The summed E-state index contributed by atoms with van der Waals surface area (Å²) in [6, 6.07) is 4.58. The van der Waals surface area contributed by atoms with Crippen molar-refractivity contribution in [2.45, 2.75) is 6.92 Å². The minimum absolute atomic E-state index is 0.0275. The van der Waals surface area contributed by atoms with E-state index in [1.807, 2.05) is 6.92 Å². The van der Waals surface area contributed by atoms with Crippen LogP contribution in [0.15, 0.2) is 18.2 Å². The number of hydrogen-bond donors (Lipinski definition) is 3. The maximum absolute atomic E-state index is 10.6. The van der Waals surface area contributed by atoms with Crippen molar-refractivity contribution in [1.82, 2.24) is 5.32 Å². The van der Waals surface area contributed by atoms with Gasteiger partial charge in [0.2, 0.25) is 0 Å². The fourth-order valence-electron chi connectivity index (χ4n) is 1.21. The summed E-state index contributed by atoms with van der Waals surface area (Å²) in [7, 11) is 0. The minimum atomic E-state index is -0.443. The highest BCUT2D eigenvalue weighted by Crippen LogP contribution is 2.21. The molecule has 0 saturated heterocycles. The van der Waals surface area contributed by atoms with Gasteiger partial charge in [0, 0.05) is 30.9 Å². The van der Waals surface area contributed by atoms with E-state index in [-0.39, 0.29) is 5.69 Å². The van der Waals surface area contributed by atoms with E-state index in [0.717, 1.165) is 5.56 Å². The summed E-state index contributed by atoms with van der Waals surface area (Å²) < 4.78 is 0. The third kappa shape index (κ3) is 3.97. The van der Waals surface area contributed by atoms with E-state index in [1.54, 1.807) is 6.07 Å². The number of nitro benzene ring substituents is 1. The van der Waals surface area contributed by atoms with Gasteiger partial charge >= 0.3 is 0 Å². The van der Waals surface area contributed by atoms with Crippen LogP contribution in [-0.4, -0.2) is 23.1 Å². The van der Waals surface area contributed by atoms with E-state index in [9.17, 15) is 10.1 Å². The lowest BCUT2D eigenvalue weighted by atomic mass is 10.2. The van der Waals surface area contributed by atoms with Crippen LogP contribution in [0.1, 0.15) is 5.56 Å². The third-order valence-corrected chi connectivity index (χ3v) is 2.36. The van der Waals surface area contributed by atoms with Crippen LogP contribution in [0.2, 0.25) is 0 Å². The van der Waals surface area contributed by atoms with Crippen LogP contribution in [0.4, 0.5) is 11.4 Å². The maximum Gasteiger partial charge on any atom is 0.271 e. The highest BCUT2D eigenvalue weighted by molar-refractivity contribution is 7.80. The highest BCUT2D eigenvalue weighted by atomic mass is 32.1. The van der Waals surface area contributed by atoms with E-state index in [1.165, 1.54) is 12.1 Å². The van der Waals surface area contributed by atoms with Crippen molar-refractivity contribution in [2.24, 2.45) is 5.73 Å². The molecule has 1 aromatic carbocycles. The highest BCUT2D eigenvalue weighted by Gasteiger charge is 2.09. The molecule has 0 spiro atoms. The van der Waals surface area contributed by atoms with Crippen LogP contribution in [0.25, 0.3) is 0 Å². The zero-order valence-electron chi connectivity index (χ0n) is 9.40. The number of nitrogens with zero attached hydrogens (tertiary/aromatic N) is 1. The van der Waals surface area contributed by atoms with Crippen molar-refractivity contribution in [3.05, 3.63) is 33.9 Å². The zero-order valence-corrected chi connectivity index (χ0v) is 10.2. The maximum atomic E-state index is 10.6. The molecule has 0 atom stereocenters. The van der Waals surface area contributed by atoms with Crippen LogP contribution in [0.3, 0.4) is 0 Å². The Morgan fingerprint density at radius 2 is 2.29 bits per heavy atom. The number of hydrogen-bond acceptors (Lipinski definition) is 4. The first-order valence-corrected chi connectivity index (χ1v) is 5.45. The number of aryl methyl sites for hydroxylation is 1. The third-order valence-electron chi connectivity index (χ3n) is 2.11. The molecule has 0 radical (unpaired) electrons. The molecule has 92 valence electrons. The zero-order chi connectivity index (χ0) is 12.8. The van der Waals surface area contributed by atoms with Crippen LogP contribution in [-0.2, 0) is 0 Å². The lowest BCUT2D eigenvalue weighted by Gasteiger charge is -2.11. The molecule has 17 heavy (non-hydrogen) atoms. The molecule has 0 bridgehead atoms. The Bertz CT molecular complexity index is 436. The standard InChI is InChI=1S/C10H14N4O2S/c1-7-2-3-8(14(15)16)6-9(7)13-10(17)12-5-4-11/h2-3,6H,4-5,11H2,1H3,(H2,12,13,17). The van der Waals surface area contributed by atoms with Gasteiger partial charge in [0.15, 0.2) is 5.11 Å². The summed E-state index contributed by atoms with van der Waals surface area (Å²) >= 11 is 5.02. The molecule has 1 rings (SSSR count). The molecule has 0 aliphatic rings. The molecule has 7 heteroatoms. The van der Waals surface area contributed by atoms with Crippen LogP contribution < -0.4 is 16.4 Å². The number of thiocarbonyl (C=S) groups is 1. The van der Waals surface area contributed by atoms with E-state index < -0.39 is 4.92 Å². The average Bonchev–Trinajstić information content (AvgIpc) is 2.29. The smallest absolute Gasteiger partial charge is 0.271 e. The molecule has 0 aliphatic carbocycles. The SMILES string of the molecule is Cc1ccc([N+](=O)[O-])cc1NC(=S)NCCN. The number of rotatable bonds is 4. The molecule has 0 aliphatic heterocycles. The molecule has 0 amide bonds. The van der Waals surface area contributed by atoms with Gasteiger partial charge in [-0.2, -0.15) is 0 Å². The van der Waals surface area contributed by atoms with Crippen molar-refractivity contribution in [1.29, 1.82) is 0 Å². The Kier molecular flexibility index (Phi) is 4.80. The van der Waals surface area contributed by atoms with Gasteiger partial charge in [0.05, 0.1) is 4.92 Å². The summed E-state index contributed by atoms with van der Waals surface area (Å²) in [5.41, 5.74) is 6.85. The number of non-ortho nitro benzene ring substituents is 1. The molecule has 0 heterocycles. The first-order valence-electron chi connectivity index (χ1n) is 5.04. The topological polar surface area (TPSA) is 93.2 Å². The van der Waals surface area contributed by atoms with Crippen molar-refractivity contribution < 1.29 is 4.92 Å². The lowest BCUT2D eigenvalue weighted by Crippen LogP contribution is -2.32. The minimum Gasteiger partial charge on any atom is -0.361 e. The quantitative estimate of drug-likeness (QED) is 0.424. The summed E-state index contributed by atoms with van der Waals surface area (Å²) in [6.45, 7) is 2.87. The van der Waals surface area contributed by atoms with Gasteiger partial charge in [-0.3, -0.25) is 10.1 Å². The molecule has 0 fully saturated rings. The summed E-state index contributed by atoms with van der Waals surface area (Å²) in [5.74, 6) is 0. The molecule has 6 nitrogen and oxygen atoms in total. The van der Waals surface area contributed by atoms with E-state index in [2.05, 4.69) is 10.6 Å². The second-order valence-corrected chi connectivity index (χ2v) is 3.83. The second kappa shape index (κ2) is 6.12.